The summed E-state index contributed by atoms with van der Waals surface area (Å²) in [6.07, 6.45) is 0.953. The number of carbonyl (C=O) groups excluding carboxylic acids is 1. The smallest absolute Gasteiger partial charge is 0.249 e. The lowest BCUT2D eigenvalue weighted by Gasteiger charge is -2.27. The maximum absolute atomic E-state index is 12.6. The molecule has 2 aromatic carbocycles. The SMILES string of the molecule is CCc1cccc(NC(=O)C(C)(C)Nc2ccccc2C)c1. The van der Waals surface area contributed by atoms with Crippen LogP contribution in [0.4, 0.5) is 11.4 Å². The summed E-state index contributed by atoms with van der Waals surface area (Å²) in [4.78, 5) is 12.6. The van der Waals surface area contributed by atoms with Gasteiger partial charge in [0.1, 0.15) is 5.54 Å². The van der Waals surface area contributed by atoms with Crippen molar-refractivity contribution in [3.63, 3.8) is 0 Å². The number of anilines is 2. The van der Waals surface area contributed by atoms with Crippen molar-refractivity contribution in [2.75, 3.05) is 10.6 Å². The number of rotatable bonds is 5. The van der Waals surface area contributed by atoms with Gasteiger partial charge in [-0.15, -0.1) is 0 Å². The number of benzene rings is 2. The maximum atomic E-state index is 12.6. The van der Waals surface area contributed by atoms with Crippen molar-refractivity contribution in [2.24, 2.45) is 0 Å². The lowest BCUT2D eigenvalue weighted by Crippen LogP contribution is -2.44. The van der Waals surface area contributed by atoms with Crippen molar-refractivity contribution in [1.29, 1.82) is 0 Å². The number of amides is 1. The van der Waals surface area contributed by atoms with Gasteiger partial charge in [0, 0.05) is 11.4 Å². The molecule has 0 radical (unpaired) electrons. The van der Waals surface area contributed by atoms with E-state index in [4.69, 9.17) is 0 Å². The van der Waals surface area contributed by atoms with Gasteiger partial charge in [-0.25, -0.2) is 0 Å². The van der Waals surface area contributed by atoms with Gasteiger partial charge in [-0.1, -0.05) is 37.3 Å². The monoisotopic (exact) mass is 296 g/mol. The van der Waals surface area contributed by atoms with Crippen molar-refractivity contribution in [2.45, 2.75) is 39.7 Å². The Bertz CT molecular complexity index is 662. The molecule has 2 N–H and O–H groups in total. The minimum Gasteiger partial charge on any atom is -0.371 e. The minimum absolute atomic E-state index is 0.0518. The predicted octanol–water partition coefficient (Wildman–Crippen LogP) is 4.39. The van der Waals surface area contributed by atoms with Crippen molar-refractivity contribution in [3.8, 4) is 0 Å². The zero-order chi connectivity index (χ0) is 16.2. The van der Waals surface area contributed by atoms with Crippen LogP contribution in [0.2, 0.25) is 0 Å². The van der Waals surface area contributed by atoms with Crippen molar-refractivity contribution < 1.29 is 4.79 Å². The van der Waals surface area contributed by atoms with Crippen LogP contribution in [-0.2, 0) is 11.2 Å². The molecule has 0 bridgehead atoms. The first kappa shape index (κ1) is 16.1. The highest BCUT2D eigenvalue weighted by Gasteiger charge is 2.27. The van der Waals surface area contributed by atoms with Crippen LogP contribution in [0.1, 0.15) is 31.9 Å². The second kappa shape index (κ2) is 6.65. The number of nitrogens with one attached hydrogen (secondary N) is 2. The summed E-state index contributed by atoms with van der Waals surface area (Å²) in [7, 11) is 0. The van der Waals surface area contributed by atoms with Crippen LogP contribution in [-0.4, -0.2) is 11.4 Å². The molecule has 0 atom stereocenters. The van der Waals surface area contributed by atoms with Gasteiger partial charge in [-0.3, -0.25) is 4.79 Å². The molecule has 2 aromatic rings. The zero-order valence-corrected chi connectivity index (χ0v) is 13.7. The summed E-state index contributed by atoms with van der Waals surface area (Å²) in [6.45, 7) is 7.91. The molecule has 0 saturated carbocycles. The Morgan fingerprint density at radius 2 is 1.82 bits per heavy atom. The van der Waals surface area contributed by atoms with E-state index >= 15 is 0 Å². The zero-order valence-electron chi connectivity index (χ0n) is 13.7. The van der Waals surface area contributed by atoms with E-state index in [2.05, 4.69) is 23.6 Å². The lowest BCUT2D eigenvalue weighted by atomic mass is 10.0. The Morgan fingerprint density at radius 1 is 1.09 bits per heavy atom. The molecule has 0 aromatic heterocycles. The van der Waals surface area contributed by atoms with Gasteiger partial charge >= 0.3 is 0 Å². The molecule has 116 valence electrons. The van der Waals surface area contributed by atoms with E-state index in [-0.39, 0.29) is 5.91 Å². The molecule has 0 aliphatic rings. The molecule has 3 nitrogen and oxygen atoms in total. The highest BCUT2D eigenvalue weighted by atomic mass is 16.2. The highest BCUT2D eigenvalue weighted by Crippen LogP contribution is 2.21. The molecule has 0 spiro atoms. The molecule has 0 unspecified atom stereocenters. The first-order valence-corrected chi connectivity index (χ1v) is 7.66. The Labute approximate surface area is 132 Å². The third-order valence-electron chi connectivity index (χ3n) is 3.75. The molecule has 0 saturated heterocycles. The number of hydrogen-bond donors (Lipinski definition) is 2. The maximum Gasteiger partial charge on any atom is 0.249 e. The third-order valence-corrected chi connectivity index (χ3v) is 3.75. The summed E-state index contributed by atoms with van der Waals surface area (Å²) in [5, 5.41) is 6.32. The first-order chi connectivity index (χ1) is 10.4. The number of aryl methyl sites for hydroxylation is 2. The molecular formula is C19H24N2O. The summed E-state index contributed by atoms with van der Waals surface area (Å²) in [5.74, 6) is -0.0518. The van der Waals surface area contributed by atoms with Gasteiger partial charge in [-0.05, 0) is 56.5 Å². The van der Waals surface area contributed by atoms with Crippen LogP contribution in [0.5, 0.6) is 0 Å². The third kappa shape index (κ3) is 3.88. The molecular weight excluding hydrogens is 272 g/mol. The Morgan fingerprint density at radius 3 is 2.50 bits per heavy atom. The van der Waals surface area contributed by atoms with Crippen molar-refractivity contribution >= 4 is 17.3 Å². The van der Waals surface area contributed by atoms with Crippen LogP contribution in [0.3, 0.4) is 0 Å². The van der Waals surface area contributed by atoms with Crippen LogP contribution >= 0.6 is 0 Å². The fourth-order valence-electron chi connectivity index (χ4n) is 2.26. The normalized spacial score (nSPS) is 11.1. The Kier molecular flexibility index (Phi) is 4.86. The van der Waals surface area contributed by atoms with E-state index in [1.54, 1.807) is 0 Å². The summed E-state index contributed by atoms with van der Waals surface area (Å²) >= 11 is 0. The van der Waals surface area contributed by atoms with Gasteiger partial charge in [0.25, 0.3) is 0 Å². The molecule has 0 fully saturated rings. The molecule has 22 heavy (non-hydrogen) atoms. The van der Waals surface area contributed by atoms with Gasteiger partial charge in [0.2, 0.25) is 5.91 Å². The number of para-hydroxylation sites is 1. The van der Waals surface area contributed by atoms with Gasteiger partial charge in [0.05, 0.1) is 0 Å². The van der Waals surface area contributed by atoms with E-state index in [1.807, 2.05) is 63.2 Å². The summed E-state index contributed by atoms with van der Waals surface area (Å²) in [6, 6.07) is 15.9. The molecule has 0 heterocycles. The van der Waals surface area contributed by atoms with E-state index < -0.39 is 5.54 Å². The van der Waals surface area contributed by atoms with Gasteiger partial charge < -0.3 is 10.6 Å². The van der Waals surface area contributed by atoms with E-state index in [0.717, 1.165) is 23.4 Å². The van der Waals surface area contributed by atoms with Crippen LogP contribution in [0.25, 0.3) is 0 Å². The fraction of sp³-hybridized carbons (Fsp3) is 0.316. The fourth-order valence-corrected chi connectivity index (χ4v) is 2.26. The second-order valence-corrected chi connectivity index (χ2v) is 6.07. The Hall–Kier alpha value is -2.29. The molecule has 2 rings (SSSR count). The molecule has 3 heteroatoms. The second-order valence-electron chi connectivity index (χ2n) is 6.07. The standard InChI is InChI=1S/C19H24N2O/c1-5-15-10-8-11-16(13-15)20-18(22)19(3,4)21-17-12-7-6-9-14(17)2/h6-13,21H,5H2,1-4H3,(H,20,22). The first-order valence-electron chi connectivity index (χ1n) is 7.66. The number of hydrogen-bond acceptors (Lipinski definition) is 2. The van der Waals surface area contributed by atoms with E-state index in [0.29, 0.717) is 0 Å². The van der Waals surface area contributed by atoms with Crippen molar-refractivity contribution in [1.82, 2.24) is 0 Å². The average Bonchev–Trinajstić information content (AvgIpc) is 2.49. The van der Waals surface area contributed by atoms with Crippen LogP contribution in [0, 0.1) is 6.92 Å². The molecule has 0 aliphatic heterocycles. The van der Waals surface area contributed by atoms with Gasteiger partial charge in [0.15, 0.2) is 0 Å². The predicted molar refractivity (Wildman–Crippen MR) is 93.3 cm³/mol. The quantitative estimate of drug-likeness (QED) is 0.859. The van der Waals surface area contributed by atoms with Gasteiger partial charge in [-0.2, -0.15) is 0 Å². The summed E-state index contributed by atoms with van der Waals surface area (Å²) < 4.78 is 0. The van der Waals surface area contributed by atoms with E-state index in [9.17, 15) is 4.79 Å². The van der Waals surface area contributed by atoms with Crippen LogP contribution < -0.4 is 10.6 Å². The highest BCUT2D eigenvalue weighted by molar-refractivity contribution is 5.99. The van der Waals surface area contributed by atoms with Crippen molar-refractivity contribution in [3.05, 3.63) is 59.7 Å². The lowest BCUT2D eigenvalue weighted by molar-refractivity contribution is -0.119. The number of carbonyl (C=O) groups is 1. The minimum atomic E-state index is -0.700. The largest absolute Gasteiger partial charge is 0.371 e. The van der Waals surface area contributed by atoms with E-state index in [1.165, 1.54) is 5.56 Å². The topological polar surface area (TPSA) is 41.1 Å². The van der Waals surface area contributed by atoms with Crippen LogP contribution in [0.15, 0.2) is 48.5 Å². The summed E-state index contributed by atoms with van der Waals surface area (Å²) in [5.41, 5.74) is 3.45. The molecule has 0 aliphatic carbocycles. The average molecular weight is 296 g/mol. The molecule has 1 amide bonds. The Balaban J connectivity index is 2.11.